The van der Waals surface area contributed by atoms with Crippen molar-refractivity contribution in [2.75, 3.05) is 0 Å². The summed E-state index contributed by atoms with van der Waals surface area (Å²) in [4.78, 5) is 15.0. The van der Waals surface area contributed by atoms with E-state index >= 15 is 0 Å². The highest BCUT2D eigenvalue weighted by molar-refractivity contribution is 6.19. The summed E-state index contributed by atoms with van der Waals surface area (Å²) in [6.07, 6.45) is 0. The van der Waals surface area contributed by atoms with E-state index in [-0.39, 0.29) is 0 Å². The summed E-state index contributed by atoms with van der Waals surface area (Å²) in [5.74, 6) is 1.93. The zero-order valence-electron chi connectivity index (χ0n) is 29.4. The van der Waals surface area contributed by atoms with Gasteiger partial charge in [0.15, 0.2) is 17.5 Å². The van der Waals surface area contributed by atoms with Crippen molar-refractivity contribution in [2.45, 2.75) is 0 Å². The molecular weight excluding hydrogens is 655 g/mol. The number of hydrogen-bond donors (Lipinski definition) is 0. The minimum Gasteiger partial charge on any atom is -0.208 e. The van der Waals surface area contributed by atoms with E-state index in [1.165, 1.54) is 49.0 Å². The lowest BCUT2D eigenvalue weighted by atomic mass is 9.91. The van der Waals surface area contributed by atoms with E-state index in [4.69, 9.17) is 15.0 Å². The minimum atomic E-state index is 0.640. The van der Waals surface area contributed by atoms with Crippen LogP contribution in [0, 0.1) is 0 Å². The van der Waals surface area contributed by atoms with Gasteiger partial charge in [0.2, 0.25) is 0 Å². The summed E-state index contributed by atoms with van der Waals surface area (Å²) in [7, 11) is 0. The van der Waals surface area contributed by atoms with E-state index in [1.54, 1.807) is 0 Å². The van der Waals surface area contributed by atoms with E-state index < -0.39 is 0 Å². The zero-order chi connectivity index (χ0) is 35.8. The minimum absolute atomic E-state index is 0.640. The van der Waals surface area contributed by atoms with Crippen molar-refractivity contribution in [2.24, 2.45) is 0 Å². The third-order valence-electron chi connectivity index (χ3n) is 10.3. The molecule has 0 aliphatic heterocycles. The Hall–Kier alpha value is -7.23. The van der Waals surface area contributed by atoms with Crippen LogP contribution in [0.15, 0.2) is 200 Å². The van der Waals surface area contributed by atoms with Crippen LogP contribution in [0.1, 0.15) is 0 Å². The Morgan fingerprint density at radius 1 is 0.222 bits per heavy atom. The van der Waals surface area contributed by atoms with E-state index in [9.17, 15) is 0 Å². The van der Waals surface area contributed by atoms with Crippen molar-refractivity contribution in [3.63, 3.8) is 0 Å². The second-order valence-electron chi connectivity index (χ2n) is 13.6. The fourth-order valence-electron chi connectivity index (χ4n) is 7.59. The van der Waals surface area contributed by atoms with Gasteiger partial charge in [-0.3, -0.25) is 0 Å². The standard InChI is InChI=1S/C51H33N3/c1-4-12-34(13-5-1)39-18-10-19-42(33-39)51-53-49(37-16-8-3-9-17-37)52-50(54-51)38-24-22-36(23-25-38)43-20-11-21-45-46(43)30-31-47-44-28-26-40(35-14-6-2-7-15-35)32-41(44)27-29-48(45)47/h1-33H. The maximum Gasteiger partial charge on any atom is 0.164 e. The van der Waals surface area contributed by atoms with Gasteiger partial charge in [-0.05, 0) is 77.8 Å². The summed E-state index contributed by atoms with van der Waals surface area (Å²) < 4.78 is 0. The van der Waals surface area contributed by atoms with Crippen molar-refractivity contribution in [1.82, 2.24) is 15.0 Å². The molecule has 10 aromatic rings. The van der Waals surface area contributed by atoms with Gasteiger partial charge in [-0.15, -0.1) is 0 Å². The molecule has 3 nitrogen and oxygen atoms in total. The maximum absolute atomic E-state index is 5.05. The van der Waals surface area contributed by atoms with E-state index in [1.807, 2.05) is 36.4 Å². The van der Waals surface area contributed by atoms with Crippen LogP contribution in [-0.4, -0.2) is 15.0 Å². The molecule has 0 saturated carbocycles. The Morgan fingerprint density at radius 3 is 1.33 bits per heavy atom. The fraction of sp³-hybridized carbons (Fsp3) is 0. The summed E-state index contributed by atoms with van der Waals surface area (Å²) >= 11 is 0. The van der Waals surface area contributed by atoms with Crippen molar-refractivity contribution < 1.29 is 0 Å². The van der Waals surface area contributed by atoms with E-state index in [0.29, 0.717) is 17.5 Å². The Balaban J connectivity index is 1.03. The molecule has 0 fully saturated rings. The van der Waals surface area contributed by atoms with E-state index in [0.717, 1.165) is 33.4 Å². The molecule has 10 rings (SSSR count). The van der Waals surface area contributed by atoms with Crippen LogP contribution in [0.3, 0.4) is 0 Å². The summed E-state index contributed by atoms with van der Waals surface area (Å²) in [5.41, 5.74) is 9.90. The summed E-state index contributed by atoms with van der Waals surface area (Å²) in [6, 6.07) is 70.6. The normalized spacial score (nSPS) is 11.3. The van der Waals surface area contributed by atoms with Crippen LogP contribution >= 0.6 is 0 Å². The highest BCUT2D eigenvalue weighted by Crippen LogP contribution is 2.38. The van der Waals surface area contributed by atoms with Crippen LogP contribution < -0.4 is 0 Å². The topological polar surface area (TPSA) is 38.7 Å². The highest BCUT2D eigenvalue weighted by atomic mass is 15.0. The lowest BCUT2D eigenvalue weighted by Gasteiger charge is -2.13. The van der Waals surface area contributed by atoms with Gasteiger partial charge >= 0.3 is 0 Å². The monoisotopic (exact) mass is 687 g/mol. The molecule has 0 aliphatic rings. The van der Waals surface area contributed by atoms with Crippen molar-refractivity contribution in [3.8, 4) is 67.5 Å². The van der Waals surface area contributed by atoms with Crippen LogP contribution in [0.25, 0.3) is 99.9 Å². The highest BCUT2D eigenvalue weighted by Gasteiger charge is 2.15. The van der Waals surface area contributed by atoms with Crippen molar-refractivity contribution >= 4 is 32.3 Å². The lowest BCUT2D eigenvalue weighted by Crippen LogP contribution is -2.00. The quantitative estimate of drug-likeness (QED) is 0.163. The first-order valence-corrected chi connectivity index (χ1v) is 18.3. The largest absolute Gasteiger partial charge is 0.208 e. The van der Waals surface area contributed by atoms with Crippen LogP contribution in [0.2, 0.25) is 0 Å². The van der Waals surface area contributed by atoms with Crippen molar-refractivity contribution in [1.29, 1.82) is 0 Å². The van der Waals surface area contributed by atoms with Gasteiger partial charge in [-0.1, -0.05) is 188 Å². The van der Waals surface area contributed by atoms with Gasteiger partial charge in [0.05, 0.1) is 0 Å². The number of nitrogens with zero attached hydrogens (tertiary/aromatic N) is 3. The van der Waals surface area contributed by atoms with Gasteiger partial charge in [0.25, 0.3) is 0 Å². The van der Waals surface area contributed by atoms with Gasteiger partial charge < -0.3 is 0 Å². The molecule has 54 heavy (non-hydrogen) atoms. The second-order valence-corrected chi connectivity index (χ2v) is 13.6. The molecule has 0 bridgehead atoms. The number of aromatic nitrogens is 3. The number of fused-ring (bicyclic) bond motifs is 5. The fourth-order valence-corrected chi connectivity index (χ4v) is 7.59. The number of benzene rings is 9. The average molecular weight is 688 g/mol. The SMILES string of the molecule is c1ccc(-c2cccc(-c3nc(-c4ccccc4)nc(-c4ccc(-c5cccc6c5ccc5c7ccc(-c8ccccc8)cc7ccc65)cc4)n3)c2)cc1. The molecule has 0 unspecified atom stereocenters. The number of hydrogen-bond acceptors (Lipinski definition) is 3. The molecule has 0 spiro atoms. The first-order chi connectivity index (χ1) is 26.7. The van der Waals surface area contributed by atoms with Crippen LogP contribution in [-0.2, 0) is 0 Å². The molecular formula is C51H33N3. The number of rotatable bonds is 6. The summed E-state index contributed by atoms with van der Waals surface area (Å²) in [6.45, 7) is 0. The lowest BCUT2D eigenvalue weighted by molar-refractivity contribution is 1.07. The second kappa shape index (κ2) is 13.4. The molecule has 0 radical (unpaired) electrons. The van der Waals surface area contributed by atoms with E-state index in [2.05, 4.69) is 164 Å². The Morgan fingerprint density at radius 2 is 0.648 bits per heavy atom. The molecule has 252 valence electrons. The van der Waals surface area contributed by atoms with Gasteiger partial charge in [-0.25, -0.2) is 15.0 Å². The third kappa shape index (κ3) is 5.78. The zero-order valence-corrected chi connectivity index (χ0v) is 29.4. The van der Waals surface area contributed by atoms with Crippen LogP contribution in [0.4, 0.5) is 0 Å². The predicted octanol–water partition coefficient (Wildman–Crippen LogP) is 13.3. The molecule has 0 saturated heterocycles. The van der Waals surface area contributed by atoms with Crippen LogP contribution in [0.5, 0.6) is 0 Å². The molecule has 0 aliphatic carbocycles. The smallest absolute Gasteiger partial charge is 0.164 e. The molecule has 0 atom stereocenters. The van der Waals surface area contributed by atoms with Gasteiger partial charge in [-0.2, -0.15) is 0 Å². The predicted molar refractivity (Wildman–Crippen MR) is 225 cm³/mol. The first kappa shape index (κ1) is 31.5. The van der Waals surface area contributed by atoms with Gasteiger partial charge in [0, 0.05) is 16.7 Å². The van der Waals surface area contributed by atoms with Crippen molar-refractivity contribution in [3.05, 3.63) is 200 Å². The third-order valence-corrected chi connectivity index (χ3v) is 10.3. The molecule has 9 aromatic carbocycles. The molecule has 1 aromatic heterocycles. The first-order valence-electron chi connectivity index (χ1n) is 18.3. The molecule has 0 amide bonds. The Kier molecular flexibility index (Phi) is 7.81. The molecule has 0 N–H and O–H groups in total. The van der Waals surface area contributed by atoms with Gasteiger partial charge in [0.1, 0.15) is 0 Å². The molecule has 1 heterocycles. The molecule has 3 heteroatoms. The Labute approximate surface area is 313 Å². The average Bonchev–Trinajstić information content (AvgIpc) is 3.26. The Bertz CT molecular complexity index is 2960. The summed E-state index contributed by atoms with van der Waals surface area (Å²) in [5, 5.41) is 7.51. The maximum atomic E-state index is 5.05.